The van der Waals surface area contributed by atoms with Crippen LogP contribution in [0.25, 0.3) is 0 Å². The number of ketones is 1. The molecule has 8 heteroatoms. The summed E-state index contributed by atoms with van der Waals surface area (Å²) in [5, 5.41) is 1.33. The van der Waals surface area contributed by atoms with Gasteiger partial charge in [0.2, 0.25) is 10.0 Å². The number of fused-ring (bicyclic) bond motifs is 1. The van der Waals surface area contributed by atoms with Crippen molar-refractivity contribution in [1.82, 2.24) is 9.21 Å². The van der Waals surface area contributed by atoms with Gasteiger partial charge in [-0.2, -0.15) is 0 Å². The number of rotatable bonds is 4. The quantitative estimate of drug-likeness (QED) is 0.731. The Balaban J connectivity index is 1.75. The van der Waals surface area contributed by atoms with Crippen LogP contribution in [0.5, 0.6) is 0 Å². The fourth-order valence-corrected chi connectivity index (χ4v) is 6.09. The molecule has 0 spiro atoms. The molecule has 0 unspecified atom stereocenters. The number of hydrogen-bond donors (Lipinski definition) is 0. The van der Waals surface area contributed by atoms with Gasteiger partial charge in [-0.1, -0.05) is 0 Å². The van der Waals surface area contributed by atoms with Gasteiger partial charge in [-0.05, 0) is 52.0 Å². The second-order valence-electron chi connectivity index (χ2n) is 7.46. The van der Waals surface area contributed by atoms with Crippen LogP contribution in [-0.4, -0.2) is 60.2 Å². The number of Topliss-reactive ketones (excluding diaryl/α,β-unsaturated/α-hetero) is 1. The molecule has 3 heterocycles. The number of carbonyl (C=O) groups excluding carboxylic acids is 2. The molecule has 0 N–H and O–H groups in total. The molecule has 2 atom stereocenters. The SMILES string of the molecule is CC(=O)c1cc(C(=O)N2CCC[C@@H]3CN(S(=O)(=O)C(C)C)CC[C@H]32)cs1. The molecule has 1 aromatic heterocycles. The molecule has 144 valence electrons. The van der Waals surface area contributed by atoms with Gasteiger partial charge in [0.15, 0.2) is 5.78 Å². The molecular formula is C18H26N2O4S2. The highest BCUT2D eigenvalue weighted by Crippen LogP contribution is 2.33. The Morgan fingerprint density at radius 2 is 1.96 bits per heavy atom. The van der Waals surface area contributed by atoms with Crippen molar-refractivity contribution in [2.24, 2.45) is 5.92 Å². The van der Waals surface area contributed by atoms with Gasteiger partial charge in [-0.3, -0.25) is 9.59 Å². The van der Waals surface area contributed by atoms with Crippen molar-refractivity contribution < 1.29 is 18.0 Å². The van der Waals surface area contributed by atoms with Crippen LogP contribution in [0.4, 0.5) is 0 Å². The predicted octanol–water partition coefficient (Wildman–Crippen LogP) is 2.62. The number of sulfonamides is 1. The molecule has 0 aromatic carbocycles. The molecule has 2 aliphatic heterocycles. The number of carbonyl (C=O) groups is 2. The van der Waals surface area contributed by atoms with Crippen molar-refractivity contribution >= 4 is 33.1 Å². The Morgan fingerprint density at radius 1 is 1.23 bits per heavy atom. The van der Waals surface area contributed by atoms with Gasteiger partial charge in [0.1, 0.15) is 0 Å². The summed E-state index contributed by atoms with van der Waals surface area (Å²) in [7, 11) is -3.25. The molecule has 0 bridgehead atoms. The number of hydrogen-bond acceptors (Lipinski definition) is 5. The van der Waals surface area contributed by atoms with E-state index in [-0.39, 0.29) is 23.7 Å². The van der Waals surface area contributed by atoms with Crippen LogP contribution >= 0.6 is 11.3 Å². The van der Waals surface area contributed by atoms with Gasteiger partial charge in [-0.25, -0.2) is 12.7 Å². The van der Waals surface area contributed by atoms with Crippen LogP contribution in [0.2, 0.25) is 0 Å². The minimum atomic E-state index is -3.25. The largest absolute Gasteiger partial charge is 0.335 e. The van der Waals surface area contributed by atoms with Gasteiger partial charge >= 0.3 is 0 Å². The first kappa shape index (κ1) is 19.5. The molecule has 2 saturated heterocycles. The van der Waals surface area contributed by atoms with E-state index in [2.05, 4.69) is 0 Å². The minimum absolute atomic E-state index is 0.0298. The van der Waals surface area contributed by atoms with E-state index in [9.17, 15) is 18.0 Å². The molecule has 6 nitrogen and oxygen atoms in total. The van der Waals surface area contributed by atoms with Crippen LogP contribution in [0, 0.1) is 5.92 Å². The third kappa shape index (κ3) is 3.59. The van der Waals surface area contributed by atoms with E-state index in [4.69, 9.17) is 0 Å². The zero-order valence-electron chi connectivity index (χ0n) is 15.5. The topological polar surface area (TPSA) is 74.8 Å². The number of piperidine rings is 2. The smallest absolute Gasteiger partial charge is 0.254 e. The summed E-state index contributed by atoms with van der Waals surface area (Å²) in [6.07, 6.45) is 2.50. The van der Waals surface area contributed by atoms with Crippen molar-refractivity contribution in [3.8, 4) is 0 Å². The number of thiophene rings is 1. The van der Waals surface area contributed by atoms with E-state index in [1.54, 1.807) is 29.6 Å². The van der Waals surface area contributed by atoms with Gasteiger partial charge in [-0.15, -0.1) is 11.3 Å². The van der Waals surface area contributed by atoms with Crippen molar-refractivity contribution in [3.63, 3.8) is 0 Å². The van der Waals surface area contributed by atoms with E-state index in [0.717, 1.165) is 12.8 Å². The minimum Gasteiger partial charge on any atom is -0.335 e. The van der Waals surface area contributed by atoms with Crippen molar-refractivity contribution in [2.75, 3.05) is 19.6 Å². The zero-order valence-corrected chi connectivity index (χ0v) is 17.1. The number of likely N-dealkylation sites (tertiary alicyclic amines) is 1. The highest BCUT2D eigenvalue weighted by molar-refractivity contribution is 7.89. The van der Waals surface area contributed by atoms with E-state index in [1.165, 1.54) is 18.3 Å². The average Bonchev–Trinajstić information content (AvgIpc) is 3.10. The van der Waals surface area contributed by atoms with Crippen LogP contribution in [0.15, 0.2) is 11.4 Å². The van der Waals surface area contributed by atoms with Gasteiger partial charge in [0, 0.05) is 31.1 Å². The Labute approximate surface area is 159 Å². The maximum Gasteiger partial charge on any atom is 0.254 e. The molecule has 2 aliphatic rings. The molecule has 3 rings (SSSR count). The highest BCUT2D eigenvalue weighted by Gasteiger charge is 2.41. The van der Waals surface area contributed by atoms with E-state index >= 15 is 0 Å². The third-order valence-corrected chi connectivity index (χ3v) is 8.71. The Bertz CT molecular complexity index is 800. The van der Waals surface area contributed by atoms with E-state index in [1.807, 2.05) is 4.90 Å². The van der Waals surface area contributed by atoms with E-state index < -0.39 is 15.3 Å². The zero-order chi connectivity index (χ0) is 19.1. The summed E-state index contributed by atoms with van der Waals surface area (Å²) in [5.41, 5.74) is 0.568. The summed E-state index contributed by atoms with van der Waals surface area (Å²) in [5.74, 6) is 0.113. The summed E-state index contributed by atoms with van der Waals surface area (Å²) < 4.78 is 26.6. The molecular weight excluding hydrogens is 372 g/mol. The van der Waals surface area contributed by atoms with Crippen LogP contribution < -0.4 is 0 Å². The first-order valence-corrected chi connectivity index (χ1v) is 11.5. The lowest BCUT2D eigenvalue weighted by atomic mass is 9.84. The second-order valence-corrected chi connectivity index (χ2v) is 10.9. The fourth-order valence-electron chi connectivity index (χ4n) is 3.95. The highest BCUT2D eigenvalue weighted by atomic mass is 32.2. The first-order valence-electron chi connectivity index (χ1n) is 9.11. The van der Waals surface area contributed by atoms with Crippen LogP contribution in [0.1, 0.15) is 60.1 Å². The third-order valence-electron chi connectivity index (χ3n) is 5.44. The Morgan fingerprint density at radius 3 is 2.58 bits per heavy atom. The summed E-state index contributed by atoms with van der Waals surface area (Å²) in [6.45, 7) is 6.58. The van der Waals surface area contributed by atoms with Gasteiger partial charge < -0.3 is 4.90 Å². The van der Waals surface area contributed by atoms with Gasteiger partial charge in [0.25, 0.3) is 5.91 Å². The lowest BCUT2D eigenvalue weighted by Crippen LogP contribution is -2.57. The monoisotopic (exact) mass is 398 g/mol. The maximum absolute atomic E-state index is 13.0. The molecule has 2 fully saturated rings. The Kier molecular flexibility index (Phi) is 5.55. The number of nitrogens with zero attached hydrogens (tertiary/aromatic N) is 2. The normalized spacial score (nSPS) is 24.5. The van der Waals surface area contributed by atoms with Gasteiger partial charge in [0.05, 0.1) is 15.7 Å². The standard InChI is InChI=1S/C18H26N2O4S2/c1-12(2)26(23,24)19-8-6-16-14(10-19)5-4-7-20(16)18(22)15-9-17(13(3)21)25-11-15/h9,11-12,14,16H,4-8,10H2,1-3H3/t14-,16-/m1/s1. The summed E-state index contributed by atoms with van der Waals surface area (Å²) in [6, 6.07) is 1.76. The maximum atomic E-state index is 13.0. The molecule has 0 radical (unpaired) electrons. The average molecular weight is 399 g/mol. The predicted molar refractivity (Wildman–Crippen MR) is 102 cm³/mol. The first-order chi connectivity index (χ1) is 12.2. The molecule has 1 amide bonds. The lowest BCUT2D eigenvalue weighted by molar-refractivity contribution is 0.0334. The molecule has 26 heavy (non-hydrogen) atoms. The second kappa shape index (κ2) is 7.40. The summed E-state index contributed by atoms with van der Waals surface area (Å²) in [4.78, 5) is 27.0. The van der Waals surface area contributed by atoms with Crippen molar-refractivity contribution in [3.05, 3.63) is 21.9 Å². The molecule has 0 aliphatic carbocycles. The van der Waals surface area contributed by atoms with E-state index in [0.29, 0.717) is 36.5 Å². The lowest BCUT2D eigenvalue weighted by Gasteiger charge is -2.47. The van der Waals surface area contributed by atoms with Crippen molar-refractivity contribution in [1.29, 1.82) is 0 Å². The van der Waals surface area contributed by atoms with Crippen LogP contribution in [0.3, 0.4) is 0 Å². The van der Waals surface area contributed by atoms with Crippen molar-refractivity contribution in [2.45, 2.75) is 51.3 Å². The van der Waals surface area contributed by atoms with Crippen LogP contribution in [-0.2, 0) is 10.0 Å². The molecule has 1 aromatic rings. The number of amides is 1. The fraction of sp³-hybridized carbons (Fsp3) is 0.667. The Hall–Kier alpha value is -1.25. The molecule has 0 saturated carbocycles. The summed E-state index contributed by atoms with van der Waals surface area (Å²) >= 11 is 1.30.